The van der Waals surface area contributed by atoms with Crippen molar-refractivity contribution in [2.45, 2.75) is 38.2 Å². The van der Waals surface area contributed by atoms with E-state index in [0.717, 1.165) is 25.9 Å². The molecule has 0 aliphatic carbocycles. The van der Waals surface area contributed by atoms with Crippen LogP contribution in [0.1, 0.15) is 42.5 Å². The third-order valence-electron chi connectivity index (χ3n) is 3.70. The summed E-state index contributed by atoms with van der Waals surface area (Å²) in [5.41, 5.74) is 0.296. The lowest BCUT2D eigenvalue weighted by molar-refractivity contribution is -0.117. The van der Waals surface area contributed by atoms with E-state index in [1.54, 1.807) is 6.07 Å². The van der Waals surface area contributed by atoms with Crippen LogP contribution in [-0.2, 0) is 9.53 Å². The molecule has 6 heteroatoms. The van der Waals surface area contributed by atoms with E-state index in [-0.39, 0.29) is 23.3 Å². The molecule has 6 nitrogen and oxygen atoms in total. The molecule has 1 aromatic carbocycles. The fourth-order valence-electron chi connectivity index (χ4n) is 2.48. The van der Waals surface area contributed by atoms with Crippen LogP contribution >= 0.6 is 0 Å². The van der Waals surface area contributed by atoms with Crippen LogP contribution in [0.25, 0.3) is 0 Å². The highest BCUT2D eigenvalue weighted by molar-refractivity contribution is 6.00. The van der Waals surface area contributed by atoms with Gasteiger partial charge in [0.15, 0.2) is 0 Å². The van der Waals surface area contributed by atoms with Crippen LogP contribution in [0.4, 0.5) is 5.69 Å². The van der Waals surface area contributed by atoms with Crippen molar-refractivity contribution in [3.63, 3.8) is 0 Å². The van der Waals surface area contributed by atoms with Gasteiger partial charge in [-0.3, -0.25) is 4.79 Å². The molecule has 1 aliphatic rings. The molecule has 1 fully saturated rings. The minimum Gasteiger partial charge on any atom is -0.497 e. The lowest BCUT2D eigenvalue weighted by atomic mass is 10.0. The molecule has 1 aliphatic heterocycles. The third-order valence-corrected chi connectivity index (χ3v) is 3.70. The van der Waals surface area contributed by atoms with Crippen molar-refractivity contribution in [2.75, 3.05) is 19.0 Å². The molecular weight excluding hydrogens is 286 g/mol. The van der Waals surface area contributed by atoms with Gasteiger partial charge >= 0.3 is 5.97 Å². The molecule has 0 saturated carbocycles. The number of aromatic carboxylic acids is 1. The van der Waals surface area contributed by atoms with Gasteiger partial charge in [-0.15, -0.1) is 0 Å². The molecule has 1 atom stereocenters. The van der Waals surface area contributed by atoms with Gasteiger partial charge in [0.1, 0.15) is 5.75 Å². The molecular formula is C16H21NO5. The number of carboxylic acids is 1. The number of anilines is 1. The summed E-state index contributed by atoms with van der Waals surface area (Å²) >= 11 is 0. The van der Waals surface area contributed by atoms with Gasteiger partial charge in [-0.1, -0.05) is 0 Å². The fraction of sp³-hybridized carbons (Fsp3) is 0.500. The predicted molar refractivity (Wildman–Crippen MR) is 81.4 cm³/mol. The van der Waals surface area contributed by atoms with Gasteiger partial charge in [0.05, 0.1) is 24.5 Å². The molecule has 1 aromatic rings. The van der Waals surface area contributed by atoms with Crippen molar-refractivity contribution in [1.29, 1.82) is 0 Å². The molecule has 1 heterocycles. The van der Waals surface area contributed by atoms with E-state index in [9.17, 15) is 14.7 Å². The van der Waals surface area contributed by atoms with Crippen molar-refractivity contribution in [3.8, 4) is 5.75 Å². The van der Waals surface area contributed by atoms with Gasteiger partial charge in [-0.05, 0) is 43.9 Å². The minimum absolute atomic E-state index is 0.0154. The van der Waals surface area contributed by atoms with Gasteiger partial charge in [0.2, 0.25) is 5.91 Å². The van der Waals surface area contributed by atoms with E-state index in [0.29, 0.717) is 18.6 Å². The van der Waals surface area contributed by atoms with E-state index < -0.39 is 5.97 Å². The Hall–Kier alpha value is -2.08. The first-order chi connectivity index (χ1) is 10.6. The number of amides is 1. The molecule has 2 rings (SSSR count). The maximum absolute atomic E-state index is 12.0. The zero-order valence-electron chi connectivity index (χ0n) is 12.6. The van der Waals surface area contributed by atoms with Crippen molar-refractivity contribution >= 4 is 17.6 Å². The number of benzene rings is 1. The average molecular weight is 307 g/mol. The van der Waals surface area contributed by atoms with Crippen LogP contribution in [-0.4, -0.2) is 36.8 Å². The zero-order valence-corrected chi connectivity index (χ0v) is 12.6. The number of ether oxygens (including phenoxy) is 2. The number of carbonyl (C=O) groups excluding carboxylic acids is 1. The van der Waals surface area contributed by atoms with Crippen molar-refractivity contribution in [1.82, 2.24) is 0 Å². The summed E-state index contributed by atoms with van der Waals surface area (Å²) in [6.07, 6.45) is 4.30. The summed E-state index contributed by atoms with van der Waals surface area (Å²) in [5, 5.41) is 11.9. The van der Waals surface area contributed by atoms with Gasteiger partial charge in [-0.25, -0.2) is 4.79 Å². The van der Waals surface area contributed by atoms with Crippen molar-refractivity contribution < 1.29 is 24.2 Å². The number of methoxy groups -OCH3 is 1. The number of rotatable bonds is 6. The van der Waals surface area contributed by atoms with Crippen LogP contribution in [0.3, 0.4) is 0 Å². The number of hydrogen-bond acceptors (Lipinski definition) is 4. The highest BCUT2D eigenvalue weighted by atomic mass is 16.5. The molecule has 1 unspecified atom stereocenters. The Labute approximate surface area is 129 Å². The monoisotopic (exact) mass is 307 g/mol. The molecule has 0 bridgehead atoms. The first kappa shape index (κ1) is 16.3. The second-order valence-electron chi connectivity index (χ2n) is 5.29. The fourth-order valence-corrected chi connectivity index (χ4v) is 2.48. The molecule has 0 aromatic heterocycles. The number of hydrogen-bond donors (Lipinski definition) is 2. The highest BCUT2D eigenvalue weighted by Gasteiger charge is 2.17. The smallest absolute Gasteiger partial charge is 0.337 e. The van der Waals surface area contributed by atoms with E-state index in [2.05, 4.69) is 5.32 Å². The Bertz CT molecular complexity index is 537. The maximum atomic E-state index is 12.0. The Morgan fingerprint density at radius 3 is 2.86 bits per heavy atom. The number of nitrogens with one attached hydrogen (secondary N) is 1. The van der Waals surface area contributed by atoms with Gasteiger partial charge in [0.25, 0.3) is 0 Å². The zero-order chi connectivity index (χ0) is 15.9. The van der Waals surface area contributed by atoms with Crippen LogP contribution in [0, 0.1) is 0 Å². The van der Waals surface area contributed by atoms with Crippen LogP contribution in [0.2, 0.25) is 0 Å². The third kappa shape index (κ3) is 4.46. The molecule has 1 amide bonds. The van der Waals surface area contributed by atoms with Crippen molar-refractivity contribution in [3.05, 3.63) is 23.8 Å². The van der Waals surface area contributed by atoms with E-state index >= 15 is 0 Å². The Kier molecular flexibility index (Phi) is 5.77. The second-order valence-corrected chi connectivity index (χ2v) is 5.29. The highest BCUT2D eigenvalue weighted by Crippen LogP contribution is 2.23. The maximum Gasteiger partial charge on any atom is 0.337 e. The standard InChI is InChI=1S/C16H21NO5/c1-21-12-5-7-14(13(10-12)16(19)20)17-15(18)8-6-11-4-2-3-9-22-11/h5,7,10-11H,2-4,6,8-9H2,1H3,(H,17,18)(H,19,20). The van der Waals surface area contributed by atoms with Gasteiger partial charge < -0.3 is 19.9 Å². The summed E-state index contributed by atoms with van der Waals surface area (Å²) in [7, 11) is 1.46. The topological polar surface area (TPSA) is 84.9 Å². The Balaban J connectivity index is 1.94. The van der Waals surface area contributed by atoms with Gasteiger partial charge in [0, 0.05) is 13.0 Å². The van der Waals surface area contributed by atoms with E-state index in [4.69, 9.17) is 9.47 Å². The summed E-state index contributed by atoms with van der Waals surface area (Å²) in [6, 6.07) is 4.55. The largest absolute Gasteiger partial charge is 0.497 e. The van der Waals surface area contributed by atoms with Crippen molar-refractivity contribution in [2.24, 2.45) is 0 Å². The molecule has 1 saturated heterocycles. The molecule has 0 spiro atoms. The average Bonchev–Trinajstić information content (AvgIpc) is 2.54. The first-order valence-electron chi connectivity index (χ1n) is 7.43. The Morgan fingerprint density at radius 1 is 1.41 bits per heavy atom. The lowest BCUT2D eigenvalue weighted by Gasteiger charge is -2.22. The summed E-state index contributed by atoms with van der Waals surface area (Å²) in [4.78, 5) is 23.2. The van der Waals surface area contributed by atoms with Crippen LogP contribution < -0.4 is 10.1 Å². The molecule has 0 radical (unpaired) electrons. The quantitative estimate of drug-likeness (QED) is 0.844. The Morgan fingerprint density at radius 2 is 2.23 bits per heavy atom. The summed E-state index contributed by atoms with van der Waals surface area (Å²) in [6.45, 7) is 0.758. The van der Waals surface area contributed by atoms with Crippen LogP contribution in [0.15, 0.2) is 18.2 Å². The minimum atomic E-state index is -1.11. The second kappa shape index (κ2) is 7.79. The SMILES string of the molecule is COc1ccc(NC(=O)CCC2CCCCO2)c(C(=O)O)c1. The van der Waals surface area contributed by atoms with Gasteiger partial charge in [-0.2, -0.15) is 0 Å². The first-order valence-corrected chi connectivity index (χ1v) is 7.43. The predicted octanol–water partition coefficient (Wildman–Crippen LogP) is 2.68. The lowest BCUT2D eigenvalue weighted by Crippen LogP contribution is -2.22. The number of carboxylic acid groups (broad SMARTS) is 1. The molecule has 22 heavy (non-hydrogen) atoms. The number of carbonyl (C=O) groups is 2. The summed E-state index contributed by atoms with van der Waals surface area (Å²) in [5.74, 6) is -0.877. The van der Waals surface area contributed by atoms with Crippen LogP contribution in [0.5, 0.6) is 5.75 Å². The van der Waals surface area contributed by atoms with E-state index in [1.165, 1.54) is 19.2 Å². The normalized spacial score (nSPS) is 17.8. The van der Waals surface area contributed by atoms with E-state index in [1.807, 2.05) is 0 Å². The molecule has 2 N–H and O–H groups in total. The molecule has 120 valence electrons. The summed E-state index contributed by atoms with van der Waals surface area (Å²) < 4.78 is 10.6.